The van der Waals surface area contributed by atoms with E-state index in [2.05, 4.69) is 33.0 Å². The van der Waals surface area contributed by atoms with E-state index in [4.69, 9.17) is 0 Å². The Balaban J connectivity index is 2.06. The molecule has 0 amide bonds. The zero-order valence-electron chi connectivity index (χ0n) is 8.28. The molecule has 2 atom stereocenters. The third kappa shape index (κ3) is 3.24. The Hall–Kier alpha value is -0.0400. The van der Waals surface area contributed by atoms with Gasteiger partial charge in [0, 0.05) is 5.54 Å². The molecule has 1 N–H and O–H groups in total. The highest BCUT2D eigenvalue weighted by molar-refractivity contribution is 4.88. The first-order chi connectivity index (χ1) is 5.03. The molecule has 1 saturated carbocycles. The Morgan fingerprint density at radius 3 is 2.27 bits per heavy atom. The Bertz CT molecular complexity index is 123. The Morgan fingerprint density at radius 2 is 1.91 bits per heavy atom. The maximum Gasteiger partial charge on any atom is 0.00966 e. The van der Waals surface area contributed by atoms with Crippen LogP contribution in [0.2, 0.25) is 0 Å². The first-order valence-electron chi connectivity index (χ1n) is 4.78. The first kappa shape index (κ1) is 9.05. The van der Waals surface area contributed by atoms with Gasteiger partial charge in [-0.2, -0.15) is 0 Å². The number of hydrogen-bond donors (Lipinski definition) is 1. The second-order valence-electron chi connectivity index (χ2n) is 4.80. The van der Waals surface area contributed by atoms with Gasteiger partial charge >= 0.3 is 0 Å². The van der Waals surface area contributed by atoms with Gasteiger partial charge < -0.3 is 5.32 Å². The van der Waals surface area contributed by atoms with Gasteiger partial charge in [-0.25, -0.2) is 0 Å². The van der Waals surface area contributed by atoms with Crippen LogP contribution in [-0.2, 0) is 0 Å². The Morgan fingerprint density at radius 1 is 1.27 bits per heavy atom. The van der Waals surface area contributed by atoms with Crippen LogP contribution in [-0.4, -0.2) is 12.1 Å². The zero-order valence-corrected chi connectivity index (χ0v) is 8.28. The molecule has 1 aliphatic carbocycles. The van der Waals surface area contributed by atoms with Gasteiger partial charge in [0.25, 0.3) is 0 Å². The van der Waals surface area contributed by atoms with Crippen molar-refractivity contribution in [2.24, 2.45) is 11.8 Å². The summed E-state index contributed by atoms with van der Waals surface area (Å²) in [5.74, 6) is 2.02. The van der Waals surface area contributed by atoms with E-state index in [9.17, 15) is 0 Å². The predicted molar refractivity (Wildman–Crippen MR) is 49.6 cm³/mol. The van der Waals surface area contributed by atoms with Crippen LogP contribution in [0.4, 0.5) is 0 Å². The van der Waals surface area contributed by atoms with E-state index in [-0.39, 0.29) is 0 Å². The van der Waals surface area contributed by atoms with Crippen LogP contribution in [0.3, 0.4) is 0 Å². The van der Waals surface area contributed by atoms with Crippen LogP contribution < -0.4 is 5.32 Å². The SMILES string of the molecule is CCC1CC1CNC(C)(C)C. The molecule has 0 aromatic heterocycles. The summed E-state index contributed by atoms with van der Waals surface area (Å²) in [6, 6.07) is 0. The van der Waals surface area contributed by atoms with Crippen molar-refractivity contribution in [2.45, 2.75) is 46.1 Å². The number of nitrogens with one attached hydrogen (secondary N) is 1. The minimum absolute atomic E-state index is 0.306. The van der Waals surface area contributed by atoms with Gasteiger partial charge in [-0.15, -0.1) is 0 Å². The molecule has 66 valence electrons. The average Bonchev–Trinajstić information content (AvgIpc) is 2.60. The molecule has 0 saturated heterocycles. The van der Waals surface area contributed by atoms with Crippen LogP contribution in [0, 0.1) is 11.8 Å². The highest BCUT2D eigenvalue weighted by Crippen LogP contribution is 2.40. The molecule has 1 nitrogen and oxygen atoms in total. The standard InChI is InChI=1S/C10H21N/c1-5-8-6-9(8)7-11-10(2,3)4/h8-9,11H,5-7H2,1-4H3. The molecule has 1 fully saturated rings. The van der Waals surface area contributed by atoms with Crippen molar-refractivity contribution < 1.29 is 0 Å². The minimum Gasteiger partial charge on any atom is -0.312 e. The molecule has 0 spiro atoms. The van der Waals surface area contributed by atoms with E-state index in [0.717, 1.165) is 11.8 Å². The van der Waals surface area contributed by atoms with E-state index < -0.39 is 0 Å². The van der Waals surface area contributed by atoms with Gasteiger partial charge in [0.15, 0.2) is 0 Å². The summed E-state index contributed by atoms with van der Waals surface area (Å²) in [6.07, 6.45) is 2.83. The smallest absolute Gasteiger partial charge is 0.00966 e. The summed E-state index contributed by atoms with van der Waals surface area (Å²) in [5.41, 5.74) is 0.306. The molecular formula is C10H21N. The fourth-order valence-electron chi connectivity index (χ4n) is 1.50. The molecule has 0 radical (unpaired) electrons. The number of hydrogen-bond acceptors (Lipinski definition) is 1. The van der Waals surface area contributed by atoms with E-state index in [1.165, 1.54) is 19.4 Å². The summed E-state index contributed by atoms with van der Waals surface area (Å²) in [5, 5.41) is 3.55. The maximum atomic E-state index is 3.55. The van der Waals surface area contributed by atoms with Crippen LogP contribution in [0.5, 0.6) is 0 Å². The highest BCUT2D eigenvalue weighted by Gasteiger charge is 2.35. The van der Waals surface area contributed by atoms with Gasteiger partial charge in [-0.05, 0) is 45.6 Å². The fraction of sp³-hybridized carbons (Fsp3) is 1.00. The molecule has 0 aliphatic heterocycles. The molecule has 1 rings (SSSR count). The summed E-state index contributed by atoms with van der Waals surface area (Å²) in [7, 11) is 0. The highest BCUT2D eigenvalue weighted by atomic mass is 15.0. The van der Waals surface area contributed by atoms with Crippen molar-refractivity contribution in [3.8, 4) is 0 Å². The van der Waals surface area contributed by atoms with Crippen molar-refractivity contribution >= 4 is 0 Å². The third-order valence-electron chi connectivity index (χ3n) is 2.49. The third-order valence-corrected chi connectivity index (χ3v) is 2.49. The van der Waals surface area contributed by atoms with Crippen molar-refractivity contribution in [2.75, 3.05) is 6.54 Å². The topological polar surface area (TPSA) is 12.0 Å². The monoisotopic (exact) mass is 155 g/mol. The quantitative estimate of drug-likeness (QED) is 0.660. The molecule has 0 aromatic rings. The lowest BCUT2D eigenvalue weighted by Gasteiger charge is -2.20. The van der Waals surface area contributed by atoms with Crippen LogP contribution in [0.25, 0.3) is 0 Å². The molecule has 0 heterocycles. The fourth-order valence-corrected chi connectivity index (χ4v) is 1.50. The van der Waals surface area contributed by atoms with Crippen molar-refractivity contribution in [3.05, 3.63) is 0 Å². The Labute approximate surface area is 70.6 Å². The molecule has 1 aliphatic rings. The van der Waals surface area contributed by atoms with Gasteiger partial charge in [-0.1, -0.05) is 13.3 Å². The van der Waals surface area contributed by atoms with Gasteiger partial charge in [0.1, 0.15) is 0 Å². The molecule has 11 heavy (non-hydrogen) atoms. The molecule has 2 unspecified atom stereocenters. The van der Waals surface area contributed by atoms with Crippen molar-refractivity contribution in [1.82, 2.24) is 5.32 Å². The number of rotatable bonds is 3. The van der Waals surface area contributed by atoms with Crippen molar-refractivity contribution in [3.63, 3.8) is 0 Å². The van der Waals surface area contributed by atoms with Gasteiger partial charge in [-0.3, -0.25) is 0 Å². The van der Waals surface area contributed by atoms with E-state index in [1.807, 2.05) is 0 Å². The lowest BCUT2D eigenvalue weighted by molar-refractivity contribution is 0.408. The summed E-state index contributed by atoms with van der Waals surface area (Å²) in [6.45, 7) is 10.2. The lowest BCUT2D eigenvalue weighted by atomic mass is 10.1. The second-order valence-corrected chi connectivity index (χ2v) is 4.80. The van der Waals surface area contributed by atoms with Gasteiger partial charge in [0.2, 0.25) is 0 Å². The molecular weight excluding hydrogens is 134 g/mol. The van der Waals surface area contributed by atoms with Crippen LogP contribution in [0.1, 0.15) is 40.5 Å². The first-order valence-corrected chi connectivity index (χ1v) is 4.78. The molecule has 0 aromatic carbocycles. The van der Waals surface area contributed by atoms with E-state index in [0.29, 0.717) is 5.54 Å². The van der Waals surface area contributed by atoms with Crippen molar-refractivity contribution in [1.29, 1.82) is 0 Å². The minimum atomic E-state index is 0.306. The normalized spacial score (nSPS) is 30.5. The lowest BCUT2D eigenvalue weighted by Crippen LogP contribution is -2.37. The molecule has 1 heteroatoms. The second kappa shape index (κ2) is 3.14. The predicted octanol–water partition coefficient (Wildman–Crippen LogP) is 2.42. The Kier molecular flexibility index (Phi) is 2.58. The largest absolute Gasteiger partial charge is 0.312 e. The molecule has 0 bridgehead atoms. The van der Waals surface area contributed by atoms with E-state index in [1.54, 1.807) is 0 Å². The summed E-state index contributed by atoms with van der Waals surface area (Å²) < 4.78 is 0. The summed E-state index contributed by atoms with van der Waals surface area (Å²) in [4.78, 5) is 0. The van der Waals surface area contributed by atoms with Crippen LogP contribution in [0.15, 0.2) is 0 Å². The van der Waals surface area contributed by atoms with E-state index >= 15 is 0 Å². The van der Waals surface area contributed by atoms with Gasteiger partial charge in [0.05, 0.1) is 0 Å². The maximum absolute atomic E-state index is 3.55. The zero-order chi connectivity index (χ0) is 8.48. The summed E-state index contributed by atoms with van der Waals surface area (Å²) >= 11 is 0. The average molecular weight is 155 g/mol. The van der Waals surface area contributed by atoms with Crippen LogP contribution >= 0.6 is 0 Å².